The maximum absolute atomic E-state index is 3.84. The van der Waals surface area contributed by atoms with Gasteiger partial charge in [0.25, 0.3) is 0 Å². The van der Waals surface area contributed by atoms with Crippen LogP contribution in [0.4, 0.5) is 0 Å². The fraction of sp³-hybridized carbons (Fsp3) is 0.391. The topological polar surface area (TPSA) is 12.0 Å². The summed E-state index contributed by atoms with van der Waals surface area (Å²) >= 11 is 0. The number of allylic oxidation sites excluding steroid dienone is 1. The Bertz CT molecular complexity index is 776. The lowest BCUT2D eigenvalue weighted by atomic mass is 9.52. The SMILES string of the molecule is C(=C1\CC[C@]23CCN[C@H](Cc4ccccc42)[C@@H]3C1)/c1ccccc1. The third-order valence-corrected chi connectivity index (χ3v) is 6.71. The van der Waals surface area contributed by atoms with Gasteiger partial charge in [-0.2, -0.15) is 0 Å². The molecule has 1 aliphatic heterocycles. The van der Waals surface area contributed by atoms with E-state index in [1.54, 1.807) is 16.7 Å². The second-order valence-corrected chi connectivity index (χ2v) is 7.85. The van der Waals surface area contributed by atoms with Crippen LogP contribution in [0, 0.1) is 5.92 Å². The molecule has 5 rings (SSSR count). The molecule has 0 unspecified atom stereocenters. The van der Waals surface area contributed by atoms with E-state index in [0.717, 1.165) is 5.92 Å². The molecule has 2 aromatic carbocycles. The number of fused-ring (bicyclic) bond motifs is 1. The molecule has 0 spiro atoms. The first-order valence-electron chi connectivity index (χ1n) is 9.41. The highest BCUT2D eigenvalue weighted by Crippen LogP contribution is 2.54. The fourth-order valence-electron chi connectivity index (χ4n) is 5.63. The van der Waals surface area contributed by atoms with Gasteiger partial charge in [0, 0.05) is 11.5 Å². The highest BCUT2D eigenvalue weighted by molar-refractivity contribution is 5.54. The van der Waals surface area contributed by atoms with Crippen molar-refractivity contribution in [1.29, 1.82) is 0 Å². The van der Waals surface area contributed by atoms with Crippen molar-refractivity contribution in [2.45, 2.75) is 43.6 Å². The number of rotatable bonds is 1. The van der Waals surface area contributed by atoms with Gasteiger partial charge in [0.1, 0.15) is 0 Å². The average molecular weight is 315 g/mol. The van der Waals surface area contributed by atoms with Gasteiger partial charge in [-0.3, -0.25) is 0 Å². The van der Waals surface area contributed by atoms with Gasteiger partial charge in [-0.1, -0.05) is 66.2 Å². The Kier molecular flexibility index (Phi) is 3.38. The van der Waals surface area contributed by atoms with E-state index in [9.17, 15) is 0 Å². The van der Waals surface area contributed by atoms with E-state index in [2.05, 4.69) is 66.0 Å². The van der Waals surface area contributed by atoms with Gasteiger partial charge >= 0.3 is 0 Å². The monoisotopic (exact) mass is 315 g/mol. The molecule has 0 amide bonds. The summed E-state index contributed by atoms with van der Waals surface area (Å²) in [6.45, 7) is 1.19. The Hall–Kier alpha value is -1.86. The summed E-state index contributed by atoms with van der Waals surface area (Å²) < 4.78 is 0. The molecule has 2 bridgehead atoms. The molecule has 0 aromatic heterocycles. The molecule has 1 saturated carbocycles. The van der Waals surface area contributed by atoms with Crippen LogP contribution in [-0.2, 0) is 11.8 Å². The van der Waals surface area contributed by atoms with Crippen LogP contribution < -0.4 is 5.32 Å². The molecule has 1 heteroatoms. The standard InChI is InChI=1S/C23H25N/c1-2-6-17(7-3-1)14-18-10-11-23-12-13-24-22(21(23)15-18)16-19-8-4-5-9-20(19)23/h1-9,14,21-22,24H,10-13,15-16H2/b18-14-/t21-,22+,23-/m0/s1. The zero-order valence-corrected chi connectivity index (χ0v) is 14.2. The van der Waals surface area contributed by atoms with Crippen LogP contribution in [0.1, 0.15) is 42.4 Å². The molecule has 2 aromatic rings. The molecule has 1 saturated heterocycles. The van der Waals surface area contributed by atoms with E-state index in [-0.39, 0.29) is 0 Å². The lowest BCUT2D eigenvalue weighted by molar-refractivity contribution is 0.0999. The van der Waals surface area contributed by atoms with Gasteiger partial charge in [-0.05, 0) is 61.3 Å². The van der Waals surface area contributed by atoms with Gasteiger partial charge < -0.3 is 5.32 Å². The van der Waals surface area contributed by atoms with E-state index in [4.69, 9.17) is 0 Å². The maximum Gasteiger partial charge on any atom is 0.0147 e. The van der Waals surface area contributed by atoms with Crippen molar-refractivity contribution < 1.29 is 0 Å². The van der Waals surface area contributed by atoms with Crippen LogP contribution >= 0.6 is 0 Å². The number of benzene rings is 2. The largest absolute Gasteiger partial charge is 0.313 e. The van der Waals surface area contributed by atoms with Gasteiger partial charge in [0.2, 0.25) is 0 Å². The van der Waals surface area contributed by atoms with Crippen molar-refractivity contribution in [2.24, 2.45) is 5.92 Å². The smallest absolute Gasteiger partial charge is 0.0147 e. The Labute approximate surface area is 144 Å². The van der Waals surface area contributed by atoms with Gasteiger partial charge in [-0.15, -0.1) is 0 Å². The maximum atomic E-state index is 3.84. The number of hydrogen-bond donors (Lipinski definition) is 1. The molecule has 1 heterocycles. The number of hydrogen-bond acceptors (Lipinski definition) is 1. The van der Waals surface area contributed by atoms with E-state index < -0.39 is 0 Å². The van der Waals surface area contributed by atoms with Crippen LogP contribution in [0.15, 0.2) is 60.2 Å². The lowest BCUT2D eigenvalue weighted by Gasteiger charge is -2.56. The predicted octanol–water partition coefficient (Wildman–Crippen LogP) is 4.73. The number of nitrogens with one attached hydrogen (secondary N) is 1. The van der Waals surface area contributed by atoms with Crippen molar-refractivity contribution in [3.8, 4) is 0 Å². The molecule has 2 fully saturated rings. The van der Waals surface area contributed by atoms with Crippen LogP contribution in [0.3, 0.4) is 0 Å². The fourth-order valence-corrected chi connectivity index (χ4v) is 5.63. The lowest BCUT2D eigenvalue weighted by Crippen LogP contribution is -2.59. The first-order chi connectivity index (χ1) is 11.9. The van der Waals surface area contributed by atoms with Crippen molar-refractivity contribution in [3.63, 3.8) is 0 Å². The summed E-state index contributed by atoms with van der Waals surface area (Å²) in [5.41, 5.74) is 6.71. The number of piperidine rings is 1. The van der Waals surface area contributed by atoms with Crippen molar-refractivity contribution in [1.82, 2.24) is 5.32 Å². The zero-order valence-electron chi connectivity index (χ0n) is 14.2. The summed E-state index contributed by atoms with van der Waals surface area (Å²) in [5, 5.41) is 3.84. The van der Waals surface area contributed by atoms with E-state index in [0.29, 0.717) is 11.5 Å². The average Bonchev–Trinajstić information content (AvgIpc) is 2.63. The van der Waals surface area contributed by atoms with Crippen LogP contribution in [0.5, 0.6) is 0 Å². The summed E-state index contributed by atoms with van der Waals surface area (Å²) in [4.78, 5) is 0. The molecule has 1 N–H and O–H groups in total. The van der Waals surface area contributed by atoms with Crippen molar-refractivity contribution >= 4 is 6.08 Å². The minimum Gasteiger partial charge on any atom is -0.313 e. The molecule has 2 aliphatic carbocycles. The summed E-state index contributed by atoms with van der Waals surface area (Å²) in [6.07, 6.45) is 8.81. The Morgan fingerprint density at radius 3 is 2.67 bits per heavy atom. The molecule has 0 radical (unpaired) electrons. The van der Waals surface area contributed by atoms with Crippen LogP contribution in [0.2, 0.25) is 0 Å². The van der Waals surface area contributed by atoms with E-state index >= 15 is 0 Å². The third kappa shape index (κ3) is 2.18. The van der Waals surface area contributed by atoms with Gasteiger partial charge in [0.15, 0.2) is 0 Å². The first kappa shape index (κ1) is 14.5. The zero-order chi connectivity index (χ0) is 16.0. The molecule has 1 nitrogen and oxygen atoms in total. The minimum absolute atomic E-state index is 0.429. The second kappa shape index (κ2) is 5.60. The Balaban J connectivity index is 1.52. The molecule has 3 aliphatic rings. The third-order valence-electron chi connectivity index (χ3n) is 6.71. The summed E-state index contributed by atoms with van der Waals surface area (Å²) in [6, 6.07) is 20.8. The van der Waals surface area contributed by atoms with Crippen LogP contribution in [0.25, 0.3) is 6.08 Å². The molecular formula is C23H25N. The second-order valence-electron chi connectivity index (χ2n) is 7.85. The summed E-state index contributed by atoms with van der Waals surface area (Å²) in [5.74, 6) is 0.768. The molecule has 3 atom stereocenters. The van der Waals surface area contributed by atoms with E-state index in [1.807, 2.05) is 0 Å². The first-order valence-corrected chi connectivity index (χ1v) is 9.41. The van der Waals surface area contributed by atoms with Crippen molar-refractivity contribution in [2.75, 3.05) is 6.54 Å². The van der Waals surface area contributed by atoms with Gasteiger partial charge in [-0.25, -0.2) is 0 Å². The minimum atomic E-state index is 0.429. The van der Waals surface area contributed by atoms with E-state index in [1.165, 1.54) is 44.2 Å². The Morgan fingerprint density at radius 1 is 0.917 bits per heavy atom. The summed E-state index contributed by atoms with van der Waals surface area (Å²) in [7, 11) is 0. The van der Waals surface area contributed by atoms with Crippen LogP contribution in [-0.4, -0.2) is 12.6 Å². The normalized spacial score (nSPS) is 32.9. The predicted molar refractivity (Wildman–Crippen MR) is 100.0 cm³/mol. The Morgan fingerprint density at radius 2 is 1.75 bits per heavy atom. The molecular weight excluding hydrogens is 290 g/mol. The van der Waals surface area contributed by atoms with Gasteiger partial charge in [0.05, 0.1) is 0 Å². The molecule has 24 heavy (non-hydrogen) atoms. The quantitative estimate of drug-likeness (QED) is 0.802. The highest BCUT2D eigenvalue weighted by Gasteiger charge is 2.51. The molecule has 122 valence electrons. The van der Waals surface area contributed by atoms with Crippen molar-refractivity contribution in [3.05, 3.63) is 76.9 Å². The highest BCUT2D eigenvalue weighted by atomic mass is 15.0.